The van der Waals surface area contributed by atoms with E-state index in [1.54, 1.807) is 7.11 Å². The average molecular weight is 228 g/mol. The molecule has 0 spiro atoms. The van der Waals surface area contributed by atoms with E-state index in [0.29, 0.717) is 5.41 Å². The zero-order valence-corrected chi connectivity index (χ0v) is 11.4. The lowest BCUT2D eigenvalue weighted by Crippen LogP contribution is -2.55. The molecule has 1 saturated carbocycles. The lowest BCUT2D eigenvalue weighted by molar-refractivity contribution is 0.0255. The van der Waals surface area contributed by atoms with Crippen molar-refractivity contribution in [2.24, 2.45) is 11.1 Å². The van der Waals surface area contributed by atoms with E-state index in [0.717, 1.165) is 19.7 Å². The summed E-state index contributed by atoms with van der Waals surface area (Å²) in [7, 11) is 3.94. The van der Waals surface area contributed by atoms with Crippen molar-refractivity contribution in [1.29, 1.82) is 0 Å². The fraction of sp³-hybridized carbons (Fsp3) is 1.00. The third kappa shape index (κ3) is 3.19. The fourth-order valence-electron chi connectivity index (χ4n) is 2.60. The Bertz CT molecular complexity index is 206. The van der Waals surface area contributed by atoms with Crippen LogP contribution in [0.15, 0.2) is 0 Å². The highest BCUT2D eigenvalue weighted by Crippen LogP contribution is 2.42. The highest BCUT2D eigenvalue weighted by Gasteiger charge is 2.39. The Labute approximate surface area is 100 Å². The molecular formula is C13H28N2O. The van der Waals surface area contributed by atoms with Crippen LogP contribution in [0.2, 0.25) is 0 Å². The Morgan fingerprint density at radius 2 is 1.75 bits per heavy atom. The van der Waals surface area contributed by atoms with Crippen LogP contribution in [0.3, 0.4) is 0 Å². The zero-order valence-electron chi connectivity index (χ0n) is 11.4. The van der Waals surface area contributed by atoms with Crippen LogP contribution in [-0.4, -0.2) is 44.3 Å². The third-order valence-corrected chi connectivity index (χ3v) is 4.35. The summed E-state index contributed by atoms with van der Waals surface area (Å²) in [6.45, 7) is 7.27. The average Bonchev–Trinajstić information content (AvgIpc) is 2.27. The number of nitrogens with two attached hydrogens (primary N) is 1. The van der Waals surface area contributed by atoms with Gasteiger partial charge in [-0.3, -0.25) is 4.90 Å². The summed E-state index contributed by atoms with van der Waals surface area (Å²) in [6, 6.07) is 0. The zero-order chi connectivity index (χ0) is 12.2. The number of hydrogen-bond acceptors (Lipinski definition) is 3. The Morgan fingerprint density at radius 3 is 2.19 bits per heavy atom. The maximum atomic E-state index is 6.02. The first-order valence-corrected chi connectivity index (χ1v) is 6.36. The van der Waals surface area contributed by atoms with Gasteiger partial charge in [-0.05, 0) is 38.1 Å². The summed E-state index contributed by atoms with van der Waals surface area (Å²) >= 11 is 0. The van der Waals surface area contributed by atoms with E-state index in [2.05, 4.69) is 25.8 Å². The summed E-state index contributed by atoms with van der Waals surface area (Å²) in [5.74, 6) is 0. The lowest BCUT2D eigenvalue weighted by Gasteiger charge is -2.48. The summed E-state index contributed by atoms with van der Waals surface area (Å²) in [5.41, 5.74) is 6.73. The highest BCUT2D eigenvalue weighted by molar-refractivity contribution is 4.96. The van der Waals surface area contributed by atoms with E-state index in [4.69, 9.17) is 10.5 Å². The van der Waals surface area contributed by atoms with Crippen molar-refractivity contribution in [3.63, 3.8) is 0 Å². The molecule has 3 nitrogen and oxygen atoms in total. The molecule has 0 bridgehead atoms. The number of nitrogens with zero attached hydrogens (tertiary/aromatic N) is 1. The van der Waals surface area contributed by atoms with Gasteiger partial charge in [-0.25, -0.2) is 0 Å². The van der Waals surface area contributed by atoms with Gasteiger partial charge in [0.05, 0.1) is 6.61 Å². The molecule has 1 aliphatic carbocycles. The highest BCUT2D eigenvalue weighted by atomic mass is 16.5. The van der Waals surface area contributed by atoms with Crippen LogP contribution >= 0.6 is 0 Å². The van der Waals surface area contributed by atoms with Gasteiger partial charge in [0, 0.05) is 25.7 Å². The predicted molar refractivity (Wildman–Crippen MR) is 68.5 cm³/mol. The van der Waals surface area contributed by atoms with Crippen molar-refractivity contribution in [1.82, 2.24) is 4.90 Å². The molecule has 0 aliphatic heterocycles. The molecule has 0 atom stereocenters. The molecule has 0 heterocycles. The largest absolute Gasteiger partial charge is 0.383 e. The molecular weight excluding hydrogens is 200 g/mol. The molecule has 16 heavy (non-hydrogen) atoms. The molecule has 0 aromatic rings. The van der Waals surface area contributed by atoms with Crippen LogP contribution in [0.25, 0.3) is 0 Å². The summed E-state index contributed by atoms with van der Waals surface area (Å²) in [4.78, 5) is 2.41. The van der Waals surface area contributed by atoms with Crippen LogP contribution in [0.1, 0.15) is 39.5 Å². The van der Waals surface area contributed by atoms with Gasteiger partial charge in [0.15, 0.2) is 0 Å². The number of ether oxygens (including phenoxy) is 1. The molecule has 1 rings (SSSR count). The maximum Gasteiger partial charge on any atom is 0.0589 e. The van der Waals surface area contributed by atoms with Crippen molar-refractivity contribution in [2.75, 3.05) is 33.9 Å². The molecule has 1 fully saturated rings. The van der Waals surface area contributed by atoms with Gasteiger partial charge >= 0.3 is 0 Å². The van der Waals surface area contributed by atoms with Gasteiger partial charge in [0.25, 0.3) is 0 Å². The van der Waals surface area contributed by atoms with Crippen molar-refractivity contribution in [3.8, 4) is 0 Å². The van der Waals surface area contributed by atoms with Gasteiger partial charge in [-0.15, -0.1) is 0 Å². The van der Waals surface area contributed by atoms with E-state index in [9.17, 15) is 0 Å². The minimum Gasteiger partial charge on any atom is -0.383 e. The number of hydrogen-bond donors (Lipinski definition) is 1. The fourth-order valence-corrected chi connectivity index (χ4v) is 2.60. The standard InChI is InChI=1S/C13H28N2O/c1-12(2)5-7-13(11-14,8-6-12)15(3)9-10-16-4/h5-11,14H2,1-4H3. The Hall–Kier alpha value is -0.120. The quantitative estimate of drug-likeness (QED) is 0.780. The first-order chi connectivity index (χ1) is 7.46. The van der Waals surface area contributed by atoms with E-state index in [1.165, 1.54) is 25.7 Å². The topological polar surface area (TPSA) is 38.5 Å². The normalized spacial score (nSPS) is 23.6. The molecule has 2 N–H and O–H groups in total. The second-order valence-corrected chi connectivity index (χ2v) is 6.01. The molecule has 0 amide bonds. The molecule has 0 radical (unpaired) electrons. The first-order valence-electron chi connectivity index (χ1n) is 6.36. The molecule has 0 aromatic heterocycles. The Morgan fingerprint density at radius 1 is 1.19 bits per heavy atom. The van der Waals surface area contributed by atoms with Gasteiger partial charge in [0.1, 0.15) is 0 Å². The molecule has 0 saturated heterocycles. The van der Waals surface area contributed by atoms with E-state index >= 15 is 0 Å². The van der Waals surface area contributed by atoms with Gasteiger partial charge in [-0.1, -0.05) is 13.8 Å². The van der Waals surface area contributed by atoms with Crippen LogP contribution in [-0.2, 0) is 4.74 Å². The summed E-state index contributed by atoms with van der Waals surface area (Å²) in [5, 5.41) is 0. The lowest BCUT2D eigenvalue weighted by atomic mass is 9.69. The van der Waals surface area contributed by atoms with Gasteiger partial charge in [0.2, 0.25) is 0 Å². The summed E-state index contributed by atoms with van der Waals surface area (Å²) in [6.07, 6.45) is 5.00. The molecule has 0 aromatic carbocycles. The van der Waals surface area contributed by atoms with Gasteiger partial charge < -0.3 is 10.5 Å². The van der Waals surface area contributed by atoms with Crippen LogP contribution in [0, 0.1) is 5.41 Å². The SMILES string of the molecule is COCCN(C)C1(CN)CCC(C)(C)CC1. The number of rotatable bonds is 5. The van der Waals surface area contributed by atoms with Crippen LogP contribution in [0.4, 0.5) is 0 Å². The second kappa shape index (κ2) is 5.48. The van der Waals surface area contributed by atoms with Crippen molar-refractivity contribution < 1.29 is 4.74 Å². The van der Waals surface area contributed by atoms with Gasteiger partial charge in [-0.2, -0.15) is 0 Å². The van der Waals surface area contributed by atoms with Crippen molar-refractivity contribution in [3.05, 3.63) is 0 Å². The second-order valence-electron chi connectivity index (χ2n) is 6.01. The van der Waals surface area contributed by atoms with Crippen LogP contribution in [0.5, 0.6) is 0 Å². The Kier molecular flexibility index (Phi) is 4.77. The summed E-state index contributed by atoms with van der Waals surface area (Å²) < 4.78 is 5.15. The smallest absolute Gasteiger partial charge is 0.0589 e. The number of methoxy groups -OCH3 is 1. The van der Waals surface area contributed by atoms with E-state index < -0.39 is 0 Å². The minimum atomic E-state index is 0.216. The maximum absolute atomic E-state index is 6.02. The van der Waals surface area contributed by atoms with Crippen molar-refractivity contribution in [2.45, 2.75) is 45.1 Å². The molecule has 0 unspecified atom stereocenters. The predicted octanol–water partition coefficient (Wildman–Crippen LogP) is 1.86. The first kappa shape index (κ1) is 13.9. The molecule has 96 valence electrons. The number of likely N-dealkylation sites (N-methyl/N-ethyl adjacent to an activating group) is 1. The minimum absolute atomic E-state index is 0.216. The van der Waals surface area contributed by atoms with E-state index in [-0.39, 0.29) is 5.54 Å². The van der Waals surface area contributed by atoms with E-state index in [1.807, 2.05) is 0 Å². The van der Waals surface area contributed by atoms with Crippen LogP contribution < -0.4 is 5.73 Å². The monoisotopic (exact) mass is 228 g/mol. The van der Waals surface area contributed by atoms with Crippen molar-refractivity contribution >= 4 is 0 Å². The molecule has 3 heteroatoms. The third-order valence-electron chi connectivity index (χ3n) is 4.35. The molecule has 1 aliphatic rings. The Balaban J connectivity index is 2.58.